The van der Waals surface area contributed by atoms with Crippen LogP contribution in [0.5, 0.6) is 0 Å². The number of rotatable bonds is 4. The van der Waals surface area contributed by atoms with Crippen LogP contribution in [0.1, 0.15) is 26.2 Å². The van der Waals surface area contributed by atoms with Gasteiger partial charge < -0.3 is 4.90 Å². The third-order valence-electron chi connectivity index (χ3n) is 2.49. The smallest absolute Gasteiger partial charge is 0.253 e. The molecule has 1 aliphatic heterocycles. The quantitative estimate of drug-likeness (QED) is 0.368. The Morgan fingerprint density at radius 2 is 2.43 bits per heavy atom. The van der Waals surface area contributed by atoms with Crippen molar-refractivity contribution in [3.8, 4) is 0 Å². The summed E-state index contributed by atoms with van der Waals surface area (Å²) < 4.78 is 0. The third kappa shape index (κ3) is 2.70. The number of carbonyl (C=O) groups is 2. The number of hydrogen-bond donors (Lipinski definition) is 2. The van der Waals surface area contributed by atoms with E-state index in [1.807, 2.05) is 5.43 Å². The number of amides is 2. The normalized spacial score (nSPS) is 21.4. The van der Waals surface area contributed by atoms with Crippen molar-refractivity contribution in [1.82, 2.24) is 10.3 Å². The van der Waals surface area contributed by atoms with Gasteiger partial charge in [0.25, 0.3) is 5.91 Å². The first-order valence-electron chi connectivity index (χ1n) is 4.94. The zero-order valence-electron chi connectivity index (χ0n) is 8.45. The average molecular weight is 199 g/mol. The van der Waals surface area contributed by atoms with Crippen molar-refractivity contribution in [2.45, 2.75) is 26.2 Å². The molecule has 1 fully saturated rings. The standard InChI is InChI=1S/C9H17N3O2/c1-2-3-7-4-9(14)12(5-7)6-8(13)11-10/h7H,2-6,10H2,1H3,(H,11,13). The molecule has 14 heavy (non-hydrogen) atoms. The Labute approximate surface area is 83.6 Å². The minimum absolute atomic E-state index is 0.0621. The highest BCUT2D eigenvalue weighted by molar-refractivity contribution is 5.85. The van der Waals surface area contributed by atoms with Crippen LogP contribution in [0.2, 0.25) is 0 Å². The fraction of sp³-hybridized carbons (Fsp3) is 0.778. The Morgan fingerprint density at radius 3 is 3.00 bits per heavy atom. The summed E-state index contributed by atoms with van der Waals surface area (Å²) in [4.78, 5) is 23.9. The number of nitrogens with one attached hydrogen (secondary N) is 1. The molecule has 3 N–H and O–H groups in total. The van der Waals surface area contributed by atoms with Gasteiger partial charge in [-0.25, -0.2) is 5.84 Å². The minimum atomic E-state index is -0.310. The molecule has 1 heterocycles. The van der Waals surface area contributed by atoms with Gasteiger partial charge in [-0.2, -0.15) is 0 Å². The highest BCUT2D eigenvalue weighted by Crippen LogP contribution is 2.21. The van der Waals surface area contributed by atoms with E-state index in [1.165, 1.54) is 0 Å². The first-order chi connectivity index (χ1) is 6.67. The maximum Gasteiger partial charge on any atom is 0.253 e. The first kappa shape index (κ1) is 11.0. The summed E-state index contributed by atoms with van der Waals surface area (Å²) in [6.07, 6.45) is 2.70. The van der Waals surface area contributed by atoms with E-state index in [1.54, 1.807) is 4.90 Å². The molecule has 0 aliphatic carbocycles. The van der Waals surface area contributed by atoms with E-state index in [0.29, 0.717) is 18.9 Å². The van der Waals surface area contributed by atoms with Crippen LogP contribution in [0.25, 0.3) is 0 Å². The van der Waals surface area contributed by atoms with Crippen molar-refractivity contribution in [3.63, 3.8) is 0 Å². The van der Waals surface area contributed by atoms with Crippen molar-refractivity contribution >= 4 is 11.8 Å². The Balaban J connectivity index is 2.40. The maximum atomic E-state index is 11.4. The molecule has 1 rings (SSSR count). The zero-order valence-corrected chi connectivity index (χ0v) is 8.45. The van der Waals surface area contributed by atoms with E-state index in [2.05, 4.69) is 6.92 Å². The molecule has 1 saturated heterocycles. The lowest BCUT2D eigenvalue weighted by atomic mass is 10.0. The summed E-state index contributed by atoms with van der Waals surface area (Å²) in [5, 5.41) is 0. The molecule has 0 bridgehead atoms. The van der Waals surface area contributed by atoms with Crippen LogP contribution in [-0.2, 0) is 9.59 Å². The average Bonchev–Trinajstić information content (AvgIpc) is 2.47. The number of hydrogen-bond acceptors (Lipinski definition) is 3. The van der Waals surface area contributed by atoms with Gasteiger partial charge in [-0.05, 0) is 12.3 Å². The van der Waals surface area contributed by atoms with E-state index in [0.717, 1.165) is 12.8 Å². The second kappa shape index (κ2) is 4.95. The van der Waals surface area contributed by atoms with E-state index in [-0.39, 0.29) is 18.4 Å². The second-order valence-corrected chi connectivity index (χ2v) is 3.70. The van der Waals surface area contributed by atoms with Gasteiger partial charge in [-0.1, -0.05) is 13.3 Å². The van der Waals surface area contributed by atoms with E-state index in [9.17, 15) is 9.59 Å². The SMILES string of the molecule is CCCC1CC(=O)N(CC(=O)NN)C1. The van der Waals surface area contributed by atoms with E-state index in [4.69, 9.17) is 5.84 Å². The fourth-order valence-corrected chi connectivity index (χ4v) is 1.83. The van der Waals surface area contributed by atoms with Crippen LogP contribution in [0.4, 0.5) is 0 Å². The number of carbonyl (C=O) groups excluding carboxylic acids is 2. The molecule has 1 unspecified atom stereocenters. The second-order valence-electron chi connectivity index (χ2n) is 3.70. The van der Waals surface area contributed by atoms with Crippen LogP contribution < -0.4 is 11.3 Å². The Bertz CT molecular complexity index is 230. The van der Waals surface area contributed by atoms with Gasteiger partial charge in [0.05, 0.1) is 0 Å². The summed E-state index contributed by atoms with van der Waals surface area (Å²) in [6, 6.07) is 0. The molecule has 5 nitrogen and oxygen atoms in total. The lowest BCUT2D eigenvalue weighted by Crippen LogP contribution is -2.41. The van der Waals surface area contributed by atoms with Gasteiger partial charge in [-0.3, -0.25) is 15.0 Å². The van der Waals surface area contributed by atoms with E-state index >= 15 is 0 Å². The molecule has 0 saturated carbocycles. The molecule has 0 aromatic rings. The van der Waals surface area contributed by atoms with Crippen molar-refractivity contribution in [2.75, 3.05) is 13.1 Å². The Morgan fingerprint density at radius 1 is 1.71 bits per heavy atom. The van der Waals surface area contributed by atoms with Crippen LogP contribution in [-0.4, -0.2) is 29.8 Å². The highest BCUT2D eigenvalue weighted by atomic mass is 16.2. The molecule has 2 amide bonds. The van der Waals surface area contributed by atoms with Gasteiger partial charge in [0.1, 0.15) is 6.54 Å². The molecule has 1 atom stereocenters. The fourth-order valence-electron chi connectivity index (χ4n) is 1.83. The summed E-state index contributed by atoms with van der Waals surface area (Å²) in [7, 11) is 0. The van der Waals surface area contributed by atoms with Gasteiger partial charge in [0.15, 0.2) is 0 Å². The maximum absolute atomic E-state index is 11.4. The highest BCUT2D eigenvalue weighted by Gasteiger charge is 2.29. The number of nitrogens with zero attached hydrogens (tertiary/aromatic N) is 1. The topological polar surface area (TPSA) is 75.4 Å². The van der Waals surface area contributed by atoms with E-state index < -0.39 is 0 Å². The van der Waals surface area contributed by atoms with Gasteiger partial charge in [-0.15, -0.1) is 0 Å². The van der Waals surface area contributed by atoms with Crippen LogP contribution in [0.15, 0.2) is 0 Å². The minimum Gasteiger partial charge on any atom is -0.333 e. The predicted octanol–water partition coefficient (Wildman–Crippen LogP) is -0.375. The molecule has 5 heteroatoms. The molecule has 0 spiro atoms. The zero-order chi connectivity index (χ0) is 10.6. The van der Waals surface area contributed by atoms with Crippen LogP contribution in [0, 0.1) is 5.92 Å². The Kier molecular flexibility index (Phi) is 3.88. The van der Waals surface area contributed by atoms with Crippen molar-refractivity contribution in [2.24, 2.45) is 11.8 Å². The number of likely N-dealkylation sites (tertiary alicyclic amines) is 1. The van der Waals surface area contributed by atoms with Crippen molar-refractivity contribution in [3.05, 3.63) is 0 Å². The molecule has 0 aromatic carbocycles. The monoisotopic (exact) mass is 199 g/mol. The number of nitrogens with two attached hydrogens (primary N) is 1. The van der Waals surface area contributed by atoms with Gasteiger partial charge in [0.2, 0.25) is 5.91 Å². The van der Waals surface area contributed by atoms with Gasteiger partial charge in [0, 0.05) is 13.0 Å². The molecule has 1 aliphatic rings. The first-order valence-corrected chi connectivity index (χ1v) is 4.94. The molecule has 0 radical (unpaired) electrons. The predicted molar refractivity (Wildman–Crippen MR) is 51.9 cm³/mol. The Hall–Kier alpha value is -1.10. The molecule has 80 valence electrons. The lowest BCUT2D eigenvalue weighted by molar-refractivity contribution is -0.133. The van der Waals surface area contributed by atoms with Crippen LogP contribution in [0.3, 0.4) is 0 Å². The van der Waals surface area contributed by atoms with Crippen molar-refractivity contribution < 1.29 is 9.59 Å². The van der Waals surface area contributed by atoms with Gasteiger partial charge >= 0.3 is 0 Å². The largest absolute Gasteiger partial charge is 0.333 e. The summed E-state index contributed by atoms with van der Waals surface area (Å²) in [5.74, 6) is 5.12. The summed E-state index contributed by atoms with van der Waals surface area (Å²) in [5.41, 5.74) is 2.03. The molecular formula is C9H17N3O2. The third-order valence-corrected chi connectivity index (χ3v) is 2.49. The van der Waals surface area contributed by atoms with Crippen molar-refractivity contribution in [1.29, 1.82) is 0 Å². The number of hydrazine groups is 1. The molecular weight excluding hydrogens is 182 g/mol. The molecule has 0 aromatic heterocycles. The summed E-state index contributed by atoms with van der Waals surface area (Å²) in [6.45, 7) is 2.88. The lowest BCUT2D eigenvalue weighted by Gasteiger charge is -2.14. The summed E-state index contributed by atoms with van der Waals surface area (Å²) >= 11 is 0. The van der Waals surface area contributed by atoms with Crippen LogP contribution >= 0.6 is 0 Å².